The van der Waals surface area contributed by atoms with E-state index in [-0.39, 0.29) is 27.8 Å². The third-order valence-electron chi connectivity index (χ3n) is 2.81. The molecule has 0 aliphatic carbocycles. The van der Waals surface area contributed by atoms with E-state index < -0.39 is 5.56 Å². The van der Waals surface area contributed by atoms with Gasteiger partial charge in [-0.05, 0) is 19.2 Å². The first kappa shape index (κ1) is 16.2. The summed E-state index contributed by atoms with van der Waals surface area (Å²) in [7, 11) is 0. The number of nitriles is 1. The number of aromatic hydroxyl groups is 1. The summed E-state index contributed by atoms with van der Waals surface area (Å²) in [5, 5.41) is 19.5. The van der Waals surface area contributed by atoms with E-state index >= 15 is 0 Å². The maximum absolute atomic E-state index is 12.0. The summed E-state index contributed by atoms with van der Waals surface area (Å²) in [5.74, 6) is 0.0858. The molecule has 1 heterocycles. The van der Waals surface area contributed by atoms with Crippen LogP contribution in [-0.4, -0.2) is 27.9 Å². The number of halogens is 1. The summed E-state index contributed by atoms with van der Waals surface area (Å²) in [5.41, 5.74) is -0.186. The second-order valence-corrected chi connectivity index (χ2v) is 5.35. The van der Waals surface area contributed by atoms with E-state index in [9.17, 15) is 15.2 Å². The molecule has 0 fully saturated rings. The first-order valence-corrected chi connectivity index (χ1v) is 7.86. The Hall–Kier alpha value is -2.17. The van der Waals surface area contributed by atoms with Crippen molar-refractivity contribution in [2.24, 2.45) is 0 Å². The first-order chi connectivity index (χ1) is 10.5. The summed E-state index contributed by atoms with van der Waals surface area (Å²) in [6, 6.07) is 4.59. The van der Waals surface area contributed by atoms with E-state index in [0.29, 0.717) is 17.3 Å². The van der Waals surface area contributed by atoms with Crippen molar-refractivity contribution in [1.82, 2.24) is 9.97 Å². The Bertz CT molecular complexity index is 814. The van der Waals surface area contributed by atoms with Crippen molar-refractivity contribution in [2.45, 2.75) is 12.1 Å². The van der Waals surface area contributed by atoms with Crippen molar-refractivity contribution in [3.8, 4) is 28.8 Å². The second kappa shape index (κ2) is 6.73. The lowest BCUT2D eigenvalue weighted by Crippen LogP contribution is -2.14. The predicted molar refractivity (Wildman–Crippen MR) is 84.6 cm³/mol. The van der Waals surface area contributed by atoms with Gasteiger partial charge in [0.2, 0.25) is 0 Å². The van der Waals surface area contributed by atoms with Crippen LogP contribution in [-0.2, 0) is 0 Å². The zero-order valence-corrected chi connectivity index (χ0v) is 13.4. The minimum Gasteiger partial charge on any atom is -0.504 e. The van der Waals surface area contributed by atoms with Crippen LogP contribution in [0.5, 0.6) is 11.5 Å². The molecule has 0 saturated heterocycles. The number of hydrogen-bond acceptors (Lipinski definition) is 6. The molecule has 0 saturated carbocycles. The number of H-pyrrole nitrogens is 1. The zero-order chi connectivity index (χ0) is 16.3. The van der Waals surface area contributed by atoms with Crippen LogP contribution < -0.4 is 10.3 Å². The number of ether oxygens (including phenoxy) is 1. The minimum absolute atomic E-state index is 0.121. The number of nitrogens with zero attached hydrogens (tertiary/aromatic N) is 2. The molecule has 6 nitrogen and oxygen atoms in total. The highest BCUT2D eigenvalue weighted by Crippen LogP contribution is 2.38. The lowest BCUT2D eigenvalue weighted by atomic mass is 10.1. The number of rotatable bonds is 4. The Morgan fingerprint density at radius 1 is 1.55 bits per heavy atom. The van der Waals surface area contributed by atoms with Crippen molar-refractivity contribution >= 4 is 23.4 Å². The number of benzene rings is 1. The number of phenols is 1. The molecule has 8 heteroatoms. The molecule has 1 aromatic carbocycles. The Kier molecular flexibility index (Phi) is 4.96. The molecule has 0 unspecified atom stereocenters. The Morgan fingerprint density at radius 2 is 2.27 bits per heavy atom. The van der Waals surface area contributed by atoms with Crippen molar-refractivity contribution in [1.29, 1.82) is 5.26 Å². The summed E-state index contributed by atoms with van der Waals surface area (Å²) >= 11 is 7.36. The van der Waals surface area contributed by atoms with Gasteiger partial charge in [-0.2, -0.15) is 5.26 Å². The minimum atomic E-state index is -0.543. The molecule has 0 aliphatic rings. The first-order valence-electron chi connectivity index (χ1n) is 6.25. The molecule has 2 aromatic rings. The summed E-state index contributed by atoms with van der Waals surface area (Å²) < 4.78 is 5.30. The fourth-order valence-electron chi connectivity index (χ4n) is 1.84. The molecule has 0 atom stereocenters. The van der Waals surface area contributed by atoms with Crippen LogP contribution in [0.15, 0.2) is 22.1 Å². The van der Waals surface area contributed by atoms with Gasteiger partial charge in [0.25, 0.3) is 5.56 Å². The highest BCUT2D eigenvalue weighted by Gasteiger charge is 2.18. The van der Waals surface area contributed by atoms with Gasteiger partial charge >= 0.3 is 0 Å². The fourth-order valence-corrected chi connectivity index (χ4v) is 2.47. The molecule has 22 heavy (non-hydrogen) atoms. The standard InChI is InChI=1S/C14H12ClN3O3S/c1-3-21-11-4-7(9(15)5-10(11)19)12-8(6-16)13(20)18-14(17-12)22-2/h4-5,19H,3H2,1-2H3,(H,17,18,20). The smallest absolute Gasteiger partial charge is 0.270 e. The number of nitrogens with one attached hydrogen (secondary N) is 1. The lowest BCUT2D eigenvalue weighted by Gasteiger charge is -2.11. The van der Waals surface area contributed by atoms with Gasteiger partial charge in [0, 0.05) is 11.6 Å². The molecule has 0 spiro atoms. The maximum atomic E-state index is 12.0. The largest absolute Gasteiger partial charge is 0.504 e. The van der Waals surface area contributed by atoms with Crippen LogP contribution >= 0.6 is 23.4 Å². The molecule has 2 N–H and O–H groups in total. The Labute approximate surface area is 135 Å². The monoisotopic (exact) mass is 337 g/mol. The van der Waals surface area contributed by atoms with Crippen molar-refractivity contribution in [3.63, 3.8) is 0 Å². The van der Waals surface area contributed by atoms with Crippen LogP contribution in [0, 0.1) is 11.3 Å². The van der Waals surface area contributed by atoms with E-state index in [2.05, 4.69) is 9.97 Å². The van der Waals surface area contributed by atoms with Gasteiger partial charge in [0.15, 0.2) is 16.7 Å². The number of thioether (sulfide) groups is 1. The van der Waals surface area contributed by atoms with Crippen molar-refractivity contribution in [3.05, 3.63) is 33.1 Å². The number of aromatic nitrogens is 2. The van der Waals surface area contributed by atoms with Crippen molar-refractivity contribution < 1.29 is 9.84 Å². The quantitative estimate of drug-likeness (QED) is 0.657. The number of phenolic OH excluding ortho intramolecular Hbond substituents is 1. The van der Waals surface area contributed by atoms with Crippen LogP contribution in [0.3, 0.4) is 0 Å². The highest BCUT2D eigenvalue weighted by atomic mass is 35.5. The molecular formula is C14H12ClN3O3S. The number of hydrogen-bond donors (Lipinski definition) is 2. The van der Waals surface area contributed by atoms with Gasteiger partial charge in [-0.15, -0.1) is 0 Å². The SMILES string of the molecule is CCOc1cc(-c2nc(SC)[nH]c(=O)c2C#N)c(Cl)cc1O. The van der Waals surface area contributed by atoms with E-state index in [1.54, 1.807) is 13.2 Å². The summed E-state index contributed by atoms with van der Waals surface area (Å²) in [6.45, 7) is 2.12. The molecule has 0 radical (unpaired) electrons. The molecule has 2 rings (SSSR count). The van der Waals surface area contributed by atoms with E-state index in [4.69, 9.17) is 16.3 Å². The van der Waals surface area contributed by atoms with Crippen LogP contribution in [0.25, 0.3) is 11.3 Å². The fraction of sp³-hybridized carbons (Fsp3) is 0.214. The molecule has 1 aromatic heterocycles. The van der Waals surface area contributed by atoms with Gasteiger partial charge in [-0.3, -0.25) is 4.79 Å². The van der Waals surface area contributed by atoms with Gasteiger partial charge < -0.3 is 14.8 Å². The molecule has 0 aliphatic heterocycles. The molecule has 114 valence electrons. The lowest BCUT2D eigenvalue weighted by molar-refractivity contribution is 0.318. The number of aromatic amines is 1. The average molecular weight is 338 g/mol. The molecular weight excluding hydrogens is 326 g/mol. The summed E-state index contributed by atoms with van der Waals surface area (Å²) in [6.07, 6.45) is 1.75. The van der Waals surface area contributed by atoms with Gasteiger partial charge in [-0.25, -0.2) is 4.98 Å². The summed E-state index contributed by atoms with van der Waals surface area (Å²) in [4.78, 5) is 18.7. The second-order valence-electron chi connectivity index (χ2n) is 4.14. The topological polar surface area (TPSA) is 99.0 Å². The van der Waals surface area contributed by atoms with Crippen LogP contribution in [0.1, 0.15) is 12.5 Å². The van der Waals surface area contributed by atoms with Crippen LogP contribution in [0.2, 0.25) is 5.02 Å². The maximum Gasteiger partial charge on any atom is 0.270 e. The third-order valence-corrected chi connectivity index (χ3v) is 3.70. The zero-order valence-electron chi connectivity index (χ0n) is 11.8. The molecule has 0 bridgehead atoms. The van der Waals surface area contributed by atoms with E-state index in [0.717, 1.165) is 0 Å². The van der Waals surface area contributed by atoms with E-state index in [1.807, 2.05) is 6.07 Å². The molecule has 0 amide bonds. The van der Waals surface area contributed by atoms with Crippen molar-refractivity contribution in [2.75, 3.05) is 12.9 Å². The highest BCUT2D eigenvalue weighted by molar-refractivity contribution is 7.98. The van der Waals surface area contributed by atoms with Crippen LogP contribution in [0.4, 0.5) is 0 Å². The normalized spacial score (nSPS) is 10.3. The predicted octanol–water partition coefficient (Wildman–Crippen LogP) is 2.79. The average Bonchev–Trinajstić information content (AvgIpc) is 2.49. The Morgan fingerprint density at radius 3 is 2.86 bits per heavy atom. The van der Waals surface area contributed by atoms with E-state index in [1.165, 1.54) is 23.9 Å². The third kappa shape index (κ3) is 3.03. The van der Waals surface area contributed by atoms with Gasteiger partial charge in [0.05, 0.1) is 17.3 Å². The Balaban J connectivity index is 2.76. The van der Waals surface area contributed by atoms with Gasteiger partial charge in [-0.1, -0.05) is 23.4 Å². The van der Waals surface area contributed by atoms with Gasteiger partial charge in [0.1, 0.15) is 11.6 Å².